The van der Waals surface area contributed by atoms with Gasteiger partial charge < -0.3 is 14.6 Å². The number of carbonyl (C=O) groups is 1. The van der Waals surface area contributed by atoms with Gasteiger partial charge in [0.2, 0.25) is 0 Å². The molecular weight excluding hydrogens is 172 g/mol. The third-order valence-electron chi connectivity index (χ3n) is 2.01. The van der Waals surface area contributed by atoms with Crippen molar-refractivity contribution in [3.8, 4) is 11.5 Å². The van der Waals surface area contributed by atoms with E-state index in [9.17, 15) is 4.79 Å². The maximum absolute atomic E-state index is 10.6. The van der Waals surface area contributed by atoms with Crippen molar-refractivity contribution in [3.05, 3.63) is 23.3 Å². The van der Waals surface area contributed by atoms with E-state index in [2.05, 4.69) is 0 Å². The summed E-state index contributed by atoms with van der Waals surface area (Å²) in [6, 6.07) is 3.01. The van der Waals surface area contributed by atoms with Crippen LogP contribution >= 0.6 is 0 Å². The van der Waals surface area contributed by atoms with Gasteiger partial charge in [-0.2, -0.15) is 0 Å². The smallest absolute Gasteiger partial charge is 0.335 e. The molecule has 13 heavy (non-hydrogen) atoms. The van der Waals surface area contributed by atoms with Crippen LogP contribution in [0.25, 0.3) is 0 Å². The van der Waals surface area contributed by atoms with Crippen LogP contribution in [0.1, 0.15) is 15.9 Å². The molecule has 0 saturated heterocycles. The first-order valence-electron chi connectivity index (χ1n) is 3.79. The second kappa shape index (κ2) is 2.65. The van der Waals surface area contributed by atoms with Gasteiger partial charge in [0.25, 0.3) is 0 Å². The monoisotopic (exact) mass is 180 g/mol. The predicted octanol–water partition coefficient (Wildman–Crippen LogP) is 1.29. The lowest BCUT2D eigenvalue weighted by molar-refractivity contribution is 0.0695. The van der Waals surface area contributed by atoms with Gasteiger partial charge in [0.15, 0.2) is 0 Å². The van der Waals surface area contributed by atoms with Gasteiger partial charge in [-0.1, -0.05) is 0 Å². The Labute approximate surface area is 74.7 Å². The highest BCUT2D eigenvalue weighted by atomic mass is 16.5. The first kappa shape index (κ1) is 7.91. The van der Waals surface area contributed by atoms with Crippen LogP contribution in [0, 0.1) is 0 Å². The molecule has 0 saturated carbocycles. The highest BCUT2D eigenvalue weighted by molar-refractivity contribution is 5.89. The van der Waals surface area contributed by atoms with E-state index in [1.807, 2.05) is 0 Å². The summed E-state index contributed by atoms with van der Waals surface area (Å²) < 4.78 is 10.1. The Morgan fingerprint density at radius 3 is 2.85 bits per heavy atom. The van der Waals surface area contributed by atoms with Gasteiger partial charge in [-0.3, -0.25) is 0 Å². The van der Waals surface area contributed by atoms with Gasteiger partial charge in [-0.05, 0) is 12.1 Å². The number of hydrogen-bond acceptors (Lipinski definition) is 3. The quantitative estimate of drug-likeness (QED) is 0.744. The molecule has 1 aliphatic rings. The minimum Gasteiger partial charge on any atom is -0.496 e. The van der Waals surface area contributed by atoms with Crippen LogP contribution in [0.4, 0.5) is 0 Å². The Kier molecular flexibility index (Phi) is 1.62. The standard InChI is InChI=1S/C9H8O4/c1-12-7-2-5(9(10)11)3-8-6(7)4-13-8/h2-3H,4H2,1H3,(H,10,11). The molecule has 1 aromatic rings. The van der Waals surface area contributed by atoms with Gasteiger partial charge in [0.1, 0.15) is 18.1 Å². The molecule has 1 aliphatic heterocycles. The molecule has 1 N–H and O–H groups in total. The summed E-state index contributed by atoms with van der Waals surface area (Å²) in [5.74, 6) is 0.217. The summed E-state index contributed by atoms with van der Waals surface area (Å²) in [7, 11) is 1.51. The number of hydrogen-bond donors (Lipinski definition) is 1. The van der Waals surface area contributed by atoms with Crippen molar-refractivity contribution >= 4 is 5.97 Å². The van der Waals surface area contributed by atoms with Gasteiger partial charge in [0.05, 0.1) is 18.2 Å². The summed E-state index contributed by atoms with van der Waals surface area (Å²) in [6.45, 7) is 0.498. The van der Waals surface area contributed by atoms with E-state index < -0.39 is 5.97 Å². The van der Waals surface area contributed by atoms with Crippen LogP contribution in [0.15, 0.2) is 12.1 Å². The van der Waals surface area contributed by atoms with E-state index in [0.29, 0.717) is 18.1 Å². The fraction of sp³-hybridized carbons (Fsp3) is 0.222. The van der Waals surface area contributed by atoms with Crippen LogP contribution in [0.5, 0.6) is 11.5 Å². The topological polar surface area (TPSA) is 55.8 Å². The average Bonchev–Trinajstić information content (AvgIpc) is 2.06. The highest BCUT2D eigenvalue weighted by Crippen LogP contribution is 2.37. The number of methoxy groups -OCH3 is 1. The third kappa shape index (κ3) is 1.11. The van der Waals surface area contributed by atoms with Gasteiger partial charge in [-0.25, -0.2) is 4.79 Å². The molecular formula is C9H8O4. The molecule has 0 atom stereocenters. The fourth-order valence-electron chi connectivity index (χ4n) is 1.27. The van der Waals surface area contributed by atoms with E-state index in [4.69, 9.17) is 14.6 Å². The number of fused-ring (bicyclic) bond motifs is 1. The Balaban J connectivity index is 2.52. The first-order chi connectivity index (χ1) is 6.22. The summed E-state index contributed by atoms with van der Waals surface area (Å²) >= 11 is 0. The first-order valence-corrected chi connectivity index (χ1v) is 3.79. The highest BCUT2D eigenvalue weighted by Gasteiger charge is 2.22. The van der Waals surface area contributed by atoms with Crippen molar-refractivity contribution in [2.75, 3.05) is 7.11 Å². The van der Waals surface area contributed by atoms with Crippen molar-refractivity contribution in [2.24, 2.45) is 0 Å². The van der Waals surface area contributed by atoms with Crippen LogP contribution in [0.2, 0.25) is 0 Å². The molecule has 68 valence electrons. The zero-order chi connectivity index (χ0) is 9.42. The molecule has 2 rings (SSSR count). The van der Waals surface area contributed by atoms with Crippen LogP contribution in [-0.2, 0) is 6.61 Å². The molecule has 0 radical (unpaired) electrons. The number of carboxylic acid groups (broad SMARTS) is 1. The molecule has 0 bridgehead atoms. The minimum absolute atomic E-state index is 0.190. The lowest BCUT2D eigenvalue weighted by Crippen LogP contribution is -2.13. The normalized spacial score (nSPS) is 12.4. The number of benzene rings is 1. The lowest BCUT2D eigenvalue weighted by Gasteiger charge is -2.23. The second-order valence-electron chi connectivity index (χ2n) is 2.75. The SMILES string of the molecule is COc1cc(C(=O)O)cc2c1CO2. The van der Waals surface area contributed by atoms with Crippen molar-refractivity contribution in [1.82, 2.24) is 0 Å². The Hall–Kier alpha value is -1.71. The zero-order valence-electron chi connectivity index (χ0n) is 7.03. The van der Waals surface area contributed by atoms with Crippen LogP contribution < -0.4 is 9.47 Å². The van der Waals surface area contributed by atoms with Crippen molar-refractivity contribution < 1.29 is 19.4 Å². The summed E-state index contributed by atoms with van der Waals surface area (Å²) in [5, 5.41) is 8.73. The summed E-state index contributed by atoms with van der Waals surface area (Å²) in [6.07, 6.45) is 0. The molecule has 1 aromatic carbocycles. The predicted molar refractivity (Wildman–Crippen MR) is 44.3 cm³/mol. The lowest BCUT2D eigenvalue weighted by atomic mass is 10.1. The van der Waals surface area contributed by atoms with E-state index in [1.165, 1.54) is 19.2 Å². The van der Waals surface area contributed by atoms with Gasteiger partial charge in [-0.15, -0.1) is 0 Å². The van der Waals surface area contributed by atoms with Gasteiger partial charge >= 0.3 is 5.97 Å². The number of rotatable bonds is 2. The average molecular weight is 180 g/mol. The maximum Gasteiger partial charge on any atom is 0.335 e. The summed E-state index contributed by atoms with van der Waals surface area (Å²) in [5.41, 5.74) is 1.13. The number of ether oxygens (including phenoxy) is 2. The van der Waals surface area contributed by atoms with Crippen molar-refractivity contribution in [3.63, 3.8) is 0 Å². The molecule has 4 heteroatoms. The van der Waals surface area contributed by atoms with E-state index in [0.717, 1.165) is 5.56 Å². The summed E-state index contributed by atoms with van der Waals surface area (Å²) in [4.78, 5) is 10.6. The molecule has 0 amide bonds. The molecule has 4 nitrogen and oxygen atoms in total. The largest absolute Gasteiger partial charge is 0.496 e. The number of carboxylic acids is 1. The van der Waals surface area contributed by atoms with E-state index >= 15 is 0 Å². The van der Waals surface area contributed by atoms with E-state index in [1.54, 1.807) is 0 Å². The van der Waals surface area contributed by atoms with Crippen molar-refractivity contribution in [1.29, 1.82) is 0 Å². The second-order valence-corrected chi connectivity index (χ2v) is 2.75. The minimum atomic E-state index is -0.975. The molecule has 0 aromatic heterocycles. The maximum atomic E-state index is 10.6. The Morgan fingerprint density at radius 2 is 2.38 bits per heavy atom. The zero-order valence-corrected chi connectivity index (χ0v) is 7.03. The Bertz CT molecular complexity index is 370. The van der Waals surface area contributed by atoms with Crippen LogP contribution in [0.3, 0.4) is 0 Å². The fourth-order valence-corrected chi connectivity index (χ4v) is 1.27. The molecule has 0 unspecified atom stereocenters. The third-order valence-corrected chi connectivity index (χ3v) is 2.01. The number of aromatic carboxylic acids is 1. The molecule has 1 heterocycles. The molecule has 0 fully saturated rings. The van der Waals surface area contributed by atoms with Gasteiger partial charge in [0, 0.05) is 0 Å². The molecule has 0 aliphatic carbocycles. The van der Waals surface area contributed by atoms with Crippen molar-refractivity contribution in [2.45, 2.75) is 6.61 Å². The van der Waals surface area contributed by atoms with Crippen LogP contribution in [-0.4, -0.2) is 18.2 Å². The van der Waals surface area contributed by atoms with E-state index in [-0.39, 0.29) is 5.56 Å². The molecule has 0 spiro atoms. The Morgan fingerprint density at radius 1 is 1.62 bits per heavy atom.